The molecule has 2 N–H and O–H groups in total. The number of benzene rings is 2. The summed E-state index contributed by atoms with van der Waals surface area (Å²) < 4.78 is 10.5. The van der Waals surface area contributed by atoms with Gasteiger partial charge in [-0.25, -0.2) is 0 Å². The standard InChI is InChI=1S/C14H14Cl2N2O2/c1-19-13-5-3-9(15)7-11(13)17-18-12-8-10(16)4-6-14(12)20-2/h3-8,17-18H,1-2H3. The third-order valence-corrected chi connectivity index (χ3v) is 3.13. The minimum Gasteiger partial charge on any atom is -0.495 e. The zero-order chi connectivity index (χ0) is 14.5. The number of rotatable bonds is 5. The van der Waals surface area contributed by atoms with Gasteiger partial charge in [-0.15, -0.1) is 0 Å². The first-order chi connectivity index (χ1) is 9.63. The minimum absolute atomic E-state index is 0.605. The van der Waals surface area contributed by atoms with Gasteiger partial charge in [-0.05, 0) is 36.4 Å². The number of hydrogen-bond acceptors (Lipinski definition) is 4. The van der Waals surface area contributed by atoms with Gasteiger partial charge in [0.1, 0.15) is 11.5 Å². The number of anilines is 2. The lowest BCUT2D eigenvalue weighted by Gasteiger charge is -2.15. The molecule has 0 spiro atoms. The second-order valence-corrected chi connectivity index (χ2v) is 4.81. The van der Waals surface area contributed by atoms with E-state index in [1.165, 1.54) is 0 Å². The Kier molecular flexibility index (Phi) is 4.82. The average Bonchev–Trinajstić information content (AvgIpc) is 2.45. The molecule has 106 valence electrons. The molecular weight excluding hydrogens is 299 g/mol. The van der Waals surface area contributed by atoms with Crippen LogP contribution in [0.3, 0.4) is 0 Å². The Morgan fingerprint density at radius 2 is 1.15 bits per heavy atom. The summed E-state index contributed by atoms with van der Waals surface area (Å²) in [5.41, 5.74) is 7.47. The molecule has 0 aliphatic carbocycles. The Bertz CT molecular complexity index is 552. The number of halogens is 2. The maximum atomic E-state index is 5.97. The first kappa shape index (κ1) is 14.6. The molecule has 0 saturated heterocycles. The van der Waals surface area contributed by atoms with Crippen molar-refractivity contribution in [2.24, 2.45) is 0 Å². The van der Waals surface area contributed by atoms with Crippen molar-refractivity contribution in [3.63, 3.8) is 0 Å². The summed E-state index contributed by atoms with van der Waals surface area (Å²) in [7, 11) is 3.18. The van der Waals surface area contributed by atoms with Crippen LogP contribution in [-0.4, -0.2) is 14.2 Å². The first-order valence-electron chi connectivity index (χ1n) is 5.83. The second kappa shape index (κ2) is 6.59. The van der Waals surface area contributed by atoms with Crippen LogP contribution in [-0.2, 0) is 0 Å². The van der Waals surface area contributed by atoms with Crippen LogP contribution in [0.15, 0.2) is 36.4 Å². The lowest BCUT2D eigenvalue weighted by atomic mass is 10.3. The van der Waals surface area contributed by atoms with Crippen molar-refractivity contribution in [1.82, 2.24) is 0 Å². The van der Waals surface area contributed by atoms with Crippen molar-refractivity contribution in [2.45, 2.75) is 0 Å². The van der Waals surface area contributed by atoms with E-state index in [4.69, 9.17) is 32.7 Å². The Labute approximate surface area is 127 Å². The molecule has 0 unspecified atom stereocenters. The summed E-state index contributed by atoms with van der Waals surface area (Å²) in [5.74, 6) is 1.34. The lowest BCUT2D eigenvalue weighted by Crippen LogP contribution is -2.10. The van der Waals surface area contributed by atoms with Crippen LogP contribution in [0.5, 0.6) is 11.5 Å². The van der Waals surface area contributed by atoms with E-state index < -0.39 is 0 Å². The molecule has 0 saturated carbocycles. The molecule has 6 heteroatoms. The summed E-state index contributed by atoms with van der Waals surface area (Å²) in [6, 6.07) is 10.6. The molecule has 0 aromatic heterocycles. The van der Waals surface area contributed by atoms with Crippen molar-refractivity contribution in [1.29, 1.82) is 0 Å². The van der Waals surface area contributed by atoms with E-state index >= 15 is 0 Å². The van der Waals surface area contributed by atoms with Crippen LogP contribution in [0.4, 0.5) is 11.4 Å². The molecule has 0 radical (unpaired) electrons. The fraction of sp³-hybridized carbons (Fsp3) is 0.143. The molecule has 2 rings (SSSR count). The lowest BCUT2D eigenvalue weighted by molar-refractivity contribution is 0.415. The number of methoxy groups -OCH3 is 2. The van der Waals surface area contributed by atoms with Gasteiger partial charge in [0.05, 0.1) is 25.6 Å². The van der Waals surface area contributed by atoms with Crippen molar-refractivity contribution in [3.8, 4) is 11.5 Å². The van der Waals surface area contributed by atoms with Crippen molar-refractivity contribution < 1.29 is 9.47 Å². The third-order valence-electron chi connectivity index (χ3n) is 2.65. The van der Waals surface area contributed by atoms with Gasteiger partial charge in [-0.3, -0.25) is 10.9 Å². The van der Waals surface area contributed by atoms with E-state index in [2.05, 4.69) is 10.9 Å². The topological polar surface area (TPSA) is 42.5 Å². The van der Waals surface area contributed by atoms with Gasteiger partial charge in [0, 0.05) is 10.0 Å². The van der Waals surface area contributed by atoms with Crippen molar-refractivity contribution >= 4 is 34.6 Å². The summed E-state index contributed by atoms with van der Waals surface area (Å²) in [5, 5.41) is 1.21. The van der Waals surface area contributed by atoms with Gasteiger partial charge >= 0.3 is 0 Å². The smallest absolute Gasteiger partial charge is 0.143 e. The Hall–Kier alpha value is -1.78. The Morgan fingerprint density at radius 3 is 1.50 bits per heavy atom. The van der Waals surface area contributed by atoms with Gasteiger partial charge < -0.3 is 9.47 Å². The molecule has 0 aliphatic heterocycles. The summed E-state index contributed by atoms with van der Waals surface area (Å²) in [6.45, 7) is 0. The van der Waals surface area contributed by atoms with Gasteiger partial charge in [-0.1, -0.05) is 23.2 Å². The SMILES string of the molecule is COc1ccc(Cl)cc1NNc1cc(Cl)ccc1OC. The summed E-state index contributed by atoms with van der Waals surface area (Å²) in [6.07, 6.45) is 0. The van der Waals surface area contributed by atoms with Gasteiger partial charge in [-0.2, -0.15) is 0 Å². The van der Waals surface area contributed by atoms with Crippen LogP contribution < -0.4 is 20.3 Å². The molecule has 4 nitrogen and oxygen atoms in total. The fourth-order valence-corrected chi connectivity index (χ4v) is 2.03. The molecule has 2 aromatic carbocycles. The highest BCUT2D eigenvalue weighted by atomic mass is 35.5. The van der Waals surface area contributed by atoms with E-state index in [1.807, 2.05) is 0 Å². The van der Waals surface area contributed by atoms with Gasteiger partial charge in [0.2, 0.25) is 0 Å². The number of ether oxygens (including phenoxy) is 2. The fourth-order valence-electron chi connectivity index (χ4n) is 1.69. The summed E-state index contributed by atoms with van der Waals surface area (Å²) in [4.78, 5) is 0. The molecule has 0 fully saturated rings. The molecule has 0 atom stereocenters. The van der Waals surface area contributed by atoms with Crippen LogP contribution in [0.2, 0.25) is 10.0 Å². The number of hydrogen-bond donors (Lipinski definition) is 2. The average molecular weight is 313 g/mol. The highest BCUT2D eigenvalue weighted by molar-refractivity contribution is 6.31. The third kappa shape index (κ3) is 3.40. The molecule has 0 amide bonds. The van der Waals surface area contributed by atoms with Crippen LogP contribution in [0.25, 0.3) is 0 Å². The van der Waals surface area contributed by atoms with E-state index in [1.54, 1.807) is 50.6 Å². The highest BCUT2D eigenvalue weighted by Crippen LogP contribution is 2.30. The number of nitrogens with one attached hydrogen (secondary N) is 2. The van der Waals surface area contributed by atoms with E-state index in [0.29, 0.717) is 32.9 Å². The van der Waals surface area contributed by atoms with Crippen LogP contribution >= 0.6 is 23.2 Å². The molecule has 0 aliphatic rings. The quantitative estimate of drug-likeness (QED) is 0.800. The summed E-state index contributed by atoms with van der Waals surface area (Å²) >= 11 is 11.9. The maximum Gasteiger partial charge on any atom is 0.143 e. The Balaban J connectivity index is 2.20. The normalized spacial score (nSPS) is 10.0. The van der Waals surface area contributed by atoms with Crippen LogP contribution in [0, 0.1) is 0 Å². The molecule has 20 heavy (non-hydrogen) atoms. The zero-order valence-electron chi connectivity index (χ0n) is 11.0. The maximum absolute atomic E-state index is 5.97. The molecular formula is C14H14Cl2N2O2. The van der Waals surface area contributed by atoms with Crippen molar-refractivity contribution in [3.05, 3.63) is 46.4 Å². The molecule has 2 aromatic rings. The predicted octanol–water partition coefficient (Wildman–Crippen LogP) is 4.45. The van der Waals surface area contributed by atoms with E-state index in [-0.39, 0.29) is 0 Å². The zero-order valence-corrected chi connectivity index (χ0v) is 12.5. The van der Waals surface area contributed by atoms with E-state index in [9.17, 15) is 0 Å². The van der Waals surface area contributed by atoms with Gasteiger partial charge in [0.25, 0.3) is 0 Å². The second-order valence-electron chi connectivity index (χ2n) is 3.94. The minimum atomic E-state index is 0.605. The largest absolute Gasteiger partial charge is 0.495 e. The Morgan fingerprint density at radius 1 is 0.750 bits per heavy atom. The highest BCUT2D eigenvalue weighted by Gasteiger charge is 2.06. The first-order valence-corrected chi connectivity index (χ1v) is 6.58. The van der Waals surface area contributed by atoms with E-state index in [0.717, 1.165) is 0 Å². The predicted molar refractivity (Wildman–Crippen MR) is 83.3 cm³/mol. The molecule has 0 heterocycles. The van der Waals surface area contributed by atoms with Crippen LogP contribution in [0.1, 0.15) is 0 Å². The van der Waals surface area contributed by atoms with Gasteiger partial charge in [0.15, 0.2) is 0 Å². The monoisotopic (exact) mass is 312 g/mol. The number of hydrazine groups is 1. The molecule has 0 bridgehead atoms. The van der Waals surface area contributed by atoms with Crippen molar-refractivity contribution in [2.75, 3.05) is 25.1 Å².